The fraction of sp³-hybridized carbons (Fsp3) is 0.105. The van der Waals surface area contributed by atoms with Crippen molar-refractivity contribution in [2.45, 2.75) is 13.0 Å². The molecule has 0 aliphatic carbocycles. The summed E-state index contributed by atoms with van der Waals surface area (Å²) in [4.78, 5) is 12.3. The van der Waals surface area contributed by atoms with Gasteiger partial charge in [-0.3, -0.25) is 4.79 Å². The van der Waals surface area contributed by atoms with E-state index in [2.05, 4.69) is 10.6 Å². The van der Waals surface area contributed by atoms with Gasteiger partial charge in [0.2, 0.25) is 5.91 Å². The van der Waals surface area contributed by atoms with Gasteiger partial charge in [0.25, 0.3) is 0 Å². The molecule has 0 saturated heterocycles. The van der Waals surface area contributed by atoms with Gasteiger partial charge in [-0.15, -0.1) is 0 Å². The Balaban J connectivity index is 1.69. The first-order valence-electron chi connectivity index (χ1n) is 7.43. The maximum atomic E-state index is 12.3. The van der Waals surface area contributed by atoms with Crippen LogP contribution in [-0.4, -0.2) is 11.9 Å². The molecule has 0 fully saturated rings. The van der Waals surface area contributed by atoms with Crippen LogP contribution in [0.1, 0.15) is 6.92 Å². The van der Waals surface area contributed by atoms with Crippen molar-refractivity contribution in [3.63, 3.8) is 0 Å². The topological polar surface area (TPSA) is 41.1 Å². The Kier molecular flexibility index (Phi) is 4.49. The zero-order valence-electron chi connectivity index (χ0n) is 12.7. The van der Waals surface area contributed by atoms with E-state index >= 15 is 0 Å². The molecular formula is C19H17ClN2O. The summed E-state index contributed by atoms with van der Waals surface area (Å²) in [6, 6.07) is 20.9. The van der Waals surface area contributed by atoms with Crippen molar-refractivity contribution >= 4 is 39.7 Å². The Hall–Kier alpha value is -2.52. The molecule has 0 saturated carbocycles. The number of fused-ring (bicyclic) bond motifs is 1. The molecule has 3 nitrogen and oxygen atoms in total. The third kappa shape index (κ3) is 3.82. The lowest BCUT2D eigenvalue weighted by Gasteiger charge is -2.15. The van der Waals surface area contributed by atoms with Crippen molar-refractivity contribution in [2.24, 2.45) is 0 Å². The van der Waals surface area contributed by atoms with Crippen LogP contribution in [0.4, 0.5) is 11.4 Å². The van der Waals surface area contributed by atoms with Crippen molar-refractivity contribution in [3.05, 3.63) is 71.8 Å². The normalized spacial score (nSPS) is 11.9. The number of halogens is 1. The number of nitrogens with one attached hydrogen (secondary N) is 2. The number of benzene rings is 3. The van der Waals surface area contributed by atoms with Gasteiger partial charge in [0, 0.05) is 16.4 Å². The standard InChI is InChI=1S/C19H17ClN2O/c1-13(21-17-8-4-7-16(20)12-17)19(23)22-18-10-9-14-5-2-3-6-15(14)11-18/h2-13,21H,1H3,(H,22,23)/t13-/m1/s1. The summed E-state index contributed by atoms with van der Waals surface area (Å²) in [5.74, 6) is -0.0970. The van der Waals surface area contributed by atoms with Gasteiger partial charge < -0.3 is 10.6 Å². The predicted octanol–water partition coefficient (Wildman–Crippen LogP) is 4.93. The molecule has 0 aliphatic heterocycles. The van der Waals surface area contributed by atoms with Crippen LogP contribution in [0.25, 0.3) is 10.8 Å². The van der Waals surface area contributed by atoms with E-state index in [0.717, 1.165) is 22.1 Å². The predicted molar refractivity (Wildman–Crippen MR) is 97.1 cm³/mol. The summed E-state index contributed by atoms with van der Waals surface area (Å²) < 4.78 is 0. The summed E-state index contributed by atoms with van der Waals surface area (Å²) in [5.41, 5.74) is 1.60. The van der Waals surface area contributed by atoms with E-state index in [0.29, 0.717) is 5.02 Å². The van der Waals surface area contributed by atoms with Gasteiger partial charge in [-0.25, -0.2) is 0 Å². The molecule has 3 aromatic carbocycles. The van der Waals surface area contributed by atoms with Gasteiger partial charge in [-0.05, 0) is 48.0 Å². The molecule has 0 spiro atoms. The first-order chi connectivity index (χ1) is 11.1. The maximum Gasteiger partial charge on any atom is 0.246 e. The largest absolute Gasteiger partial charge is 0.374 e. The quantitative estimate of drug-likeness (QED) is 0.714. The van der Waals surface area contributed by atoms with Gasteiger partial charge >= 0.3 is 0 Å². The van der Waals surface area contributed by atoms with Gasteiger partial charge in [0.15, 0.2) is 0 Å². The van der Waals surface area contributed by atoms with E-state index in [9.17, 15) is 4.79 Å². The number of anilines is 2. The molecule has 0 radical (unpaired) electrons. The van der Waals surface area contributed by atoms with E-state index in [1.807, 2.05) is 61.5 Å². The lowest BCUT2D eigenvalue weighted by molar-refractivity contribution is -0.116. The van der Waals surface area contributed by atoms with Crippen LogP contribution in [0.15, 0.2) is 66.7 Å². The molecule has 3 rings (SSSR count). The van der Waals surface area contributed by atoms with Crippen LogP contribution < -0.4 is 10.6 Å². The van der Waals surface area contributed by atoms with Gasteiger partial charge in [-0.1, -0.05) is 48.0 Å². The average molecular weight is 325 g/mol. The highest BCUT2D eigenvalue weighted by Crippen LogP contribution is 2.20. The molecule has 116 valence electrons. The highest BCUT2D eigenvalue weighted by molar-refractivity contribution is 6.30. The molecule has 23 heavy (non-hydrogen) atoms. The van der Waals surface area contributed by atoms with Crippen LogP contribution in [0.3, 0.4) is 0 Å². The number of carbonyl (C=O) groups is 1. The summed E-state index contributed by atoms with van der Waals surface area (Å²) >= 11 is 5.95. The van der Waals surface area contributed by atoms with E-state index < -0.39 is 0 Å². The maximum absolute atomic E-state index is 12.3. The zero-order valence-corrected chi connectivity index (χ0v) is 13.5. The van der Waals surface area contributed by atoms with Crippen molar-refractivity contribution in [3.8, 4) is 0 Å². The lowest BCUT2D eigenvalue weighted by Crippen LogP contribution is -2.31. The second kappa shape index (κ2) is 6.71. The number of carbonyl (C=O) groups excluding carboxylic acids is 1. The Morgan fingerprint density at radius 1 is 0.913 bits per heavy atom. The van der Waals surface area contributed by atoms with Gasteiger partial charge in [0.05, 0.1) is 0 Å². The monoisotopic (exact) mass is 324 g/mol. The van der Waals surface area contributed by atoms with Crippen molar-refractivity contribution in [1.29, 1.82) is 0 Å². The fourth-order valence-electron chi connectivity index (χ4n) is 2.41. The highest BCUT2D eigenvalue weighted by Gasteiger charge is 2.13. The van der Waals surface area contributed by atoms with Gasteiger partial charge in [-0.2, -0.15) is 0 Å². The highest BCUT2D eigenvalue weighted by atomic mass is 35.5. The van der Waals surface area contributed by atoms with E-state index in [1.54, 1.807) is 12.1 Å². The molecule has 0 heterocycles. The molecule has 1 atom stereocenters. The number of amides is 1. The SMILES string of the molecule is C[C@@H](Nc1cccc(Cl)c1)C(=O)Nc1ccc2ccccc2c1. The molecule has 0 aromatic heterocycles. The summed E-state index contributed by atoms with van der Waals surface area (Å²) in [7, 11) is 0. The molecule has 4 heteroatoms. The van der Waals surface area contributed by atoms with E-state index in [1.165, 1.54) is 0 Å². The molecule has 0 unspecified atom stereocenters. The minimum Gasteiger partial charge on any atom is -0.374 e. The van der Waals surface area contributed by atoms with Crippen LogP contribution in [-0.2, 0) is 4.79 Å². The number of hydrogen-bond donors (Lipinski definition) is 2. The Labute approximate surface area is 140 Å². The van der Waals surface area contributed by atoms with Crippen molar-refractivity contribution < 1.29 is 4.79 Å². The van der Waals surface area contributed by atoms with Gasteiger partial charge in [0.1, 0.15) is 6.04 Å². The molecule has 1 amide bonds. The summed E-state index contributed by atoms with van der Waals surface area (Å²) in [6.45, 7) is 1.82. The first kappa shape index (κ1) is 15.4. The summed E-state index contributed by atoms with van der Waals surface area (Å²) in [5, 5.41) is 8.96. The molecule has 0 bridgehead atoms. The summed E-state index contributed by atoms with van der Waals surface area (Å²) in [6.07, 6.45) is 0. The Morgan fingerprint density at radius 3 is 2.48 bits per heavy atom. The number of rotatable bonds is 4. The lowest BCUT2D eigenvalue weighted by atomic mass is 10.1. The van der Waals surface area contributed by atoms with Crippen molar-refractivity contribution in [1.82, 2.24) is 0 Å². The average Bonchev–Trinajstić information content (AvgIpc) is 2.54. The van der Waals surface area contributed by atoms with Crippen LogP contribution in [0.5, 0.6) is 0 Å². The molecule has 2 N–H and O–H groups in total. The minimum absolute atomic E-state index is 0.0970. The minimum atomic E-state index is -0.375. The number of hydrogen-bond acceptors (Lipinski definition) is 2. The van der Waals surface area contributed by atoms with Crippen LogP contribution in [0, 0.1) is 0 Å². The molecule has 0 aliphatic rings. The fourth-order valence-corrected chi connectivity index (χ4v) is 2.60. The second-order valence-corrected chi connectivity index (χ2v) is 5.86. The third-order valence-electron chi connectivity index (χ3n) is 3.62. The van der Waals surface area contributed by atoms with E-state index in [-0.39, 0.29) is 11.9 Å². The Bertz CT molecular complexity index is 847. The van der Waals surface area contributed by atoms with Crippen molar-refractivity contribution in [2.75, 3.05) is 10.6 Å². The van der Waals surface area contributed by atoms with Crippen LogP contribution >= 0.6 is 11.6 Å². The zero-order chi connectivity index (χ0) is 16.2. The molecule has 3 aromatic rings. The smallest absolute Gasteiger partial charge is 0.246 e. The Morgan fingerprint density at radius 2 is 1.70 bits per heavy atom. The molecular weight excluding hydrogens is 308 g/mol. The first-order valence-corrected chi connectivity index (χ1v) is 7.81. The third-order valence-corrected chi connectivity index (χ3v) is 3.85. The van der Waals surface area contributed by atoms with Crippen LogP contribution in [0.2, 0.25) is 5.02 Å². The second-order valence-electron chi connectivity index (χ2n) is 5.43. The van der Waals surface area contributed by atoms with E-state index in [4.69, 9.17) is 11.6 Å².